The van der Waals surface area contributed by atoms with E-state index in [1.165, 1.54) is 31.2 Å². The molecule has 0 amide bonds. The number of hydrogen-bond donors (Lipinski definition) is 3. The zero-order chi connectivity index (χ0) is 18.1. The molecule has 2 heterocycles. The summed E-state index contributed by atoms with van der Waals surface area (Å²) in [4.78, 5) is 11.7. The number of anilines is 2. The molecule has 0 aliphatic heterocycles. The van der Waals surface area contributed by atoms with E-state index in [4.69, 9.17) is 16.2 Å². The number of benzene rings is 1. The highest BCUT2D eigenvalue weighted by atomic mass is 16.5. The molecule has 1 aromatic carbocycles. The molecule has 5 N–H and O–H groups in total. The van der Waals surface area contributed by atoms with Gasteiger partial charge in [0.15, 0.2) is 0 Å². The van der Waals surface area contributed by atoms with Gasteiger partial charge in [0.05, 0.1) is 6.61 Å². The van der Waals surface area contributed by atoms with Crippen LogP contribution in [0.3, 0.4) is 0 Å². The normalized spacial score (nSPS) is 16.2. The Morgan fingerprint density at radius 3 is 2.81 bits per heavy atom. The van der Waals surface area contributed by atoms with Gasteiger partial charge in [0.1, 0.15) is 11.6 Å². The summed E-state index contributed by atoms with van der Waals surface area (Å²) in [7, 11) is 0. The van der Waals surface area contributed by atoms with E-state index in [0.29, 0.717) is 18.3 Å². The Hall–Kier alpha value is -2.76. The van der Waals surface area contributed by atoms with E-state index in [0.717, 1.165) is 22.2 Å². The summed E-state index contributed by atoms with van der Waals surface area (Å²) in [6.07, 6.45) is 8.60. The summed E-state index contributed by atoms with van der Waals surface area (Å²) < 4.78 is 5.91. The summed E-state index contributed by atoms with van der Waals surface area (Å²) >= 11 is 0. The number of nitrogens with two attached hydrogens (primary N) is 2. The number of rotatable bonds is 5. The van der Waals surface area contributed by atoms with Crippen LogP contribution in [0.1, 0.15) is 49.7 Å². The lowest BCUT2D eigenvalue weighted by molar-refractivity contribution is 0.343. The van der Waals surface area contributed by atoms with E-state index in [2.05, 4.69) is 33.2 Å². The van der Waals surface area contributed by atoms with Crippen LogP contribution in [0.5, 0.6) is 5.75 Å². The molecule has 6 nitrogen and oxygen atoms in total. The van der Waals surface area contributed by atoms with Crippen LogP contribution in [0.4, 0.5) is 11.8 Å². The molecule has 136 valence electrons. The van der Waals surface area contributed by atoms with E-state index in [-0.39, 0.29) is 11.9 Å². The Labute approximate surface area is 153 Å². The molecule has 3 aromatic rings. The third-order valence-electron chi connectivity index (χ3n) is 5.39. The van der Waals surface area contributed by atoms with Crippen molar-refractivity contribution in [1.29, 1.82) is 0 Å². The number of nitrogens with zero attached hydrogens (tertiary/aromatic N) is 2. The van der Waals surface area contributed by atoms with Crippen LogP contribution in [-0.2, 0) is 0 Å². The van der Waals surface area contributed by atoms with E-state index >= 15 is 0 Å². The fourth-order valence-corrected chi connectivity index (χ4v) is 4.26. The van der Waals surface area contributed by atoms with Crippen LogP contribution in [-0.4, -0.2) is 21.6 Å². The van der Waals surface area contributed by atoms with Gasteiger partial charge in [-0.15, -0.1) is 0 Å². The first-order valence-electron chi connectivity index (χ1n) is 9.29. The van der Waals surface area contributed by atoms with Crippen LogP contribution in [0, 0.1) is 5.92 Å². The topological polar surface area (TPSA) is 103 Å². The van der Waals surface area contributed by atoms with E-state index < -0.39 is 0 Å². The third-order valence-corrected chi connectivity index (χ3v) is 5.39. The van der Waals surface area contributed by atoms with Gasteiger partial charge in [-0.2, -0.15) is 4.98 Å². The van der Waals surface area contributed by atoms with Gasteiger partial charge in [-0.25, -0.2) is 4.98 Å². The lowest BCUT2D eigenvalue weighted by atomic mass is 9.80. The van der Waals surface area contributed by atoms with Gasteiger partial charge in [0, 0.05) is 34.8 Å². The van der Waals surface area contributed by atoms with Gasteiger partial charge >= 0.3 is 0 Å². The summed E-state index contributed by atoms with van der Waals surface area (Å²) in [6, 6.07) is 6.41. The van der Waals surface area contributed by atoms with Gasteiger partial charge in [0.25, 0.3) is 0 Å². The fourth-order valence-electron chi connectivity index (χ4n) is 4.26. The zero-order valence-corrected chi connectivity index (χ0v) is 15.0. The van der Waals surface area contributed by atoms with Crippen molar-refractivity contribution in [2.24, 2.45) is 5.92 Å². The monoisotopic (exact) mass is 351 g/mol. The Bertz CT molecular complexity index is 914. The van der Waals surface area contributed by atoms with Crippen LogP contribution < -0.4 is 16.2 Å². The molecule has 1 unspecified atom stereocenters. The van der Waals surface area contributed by atoms with Crippen LogP contribution in [0.25, 0.3) is 10.9 Å². The van der Waals surface area contributed by atoms with Crippen molar-refractivity contribution in [3.63, 3.8) is 0 Å². The van der Waals surface area contributed by atoms with Gasteiger partial charge in [-0.05, 0) is 49.4 Å². The van der Waals surface area contributed by atoms with Crippen molar-refractivity contribution in [3.05, 3.63) is 41.7 Å². The lowest BCUT2D eigenvalue weighted by Gasteiger charge is -2.26. The number of ether oxygens (including phenoxy) is 1. The first kappa shape index (κ1) is 16.7. The maximum absolute atomic E-state index is 6.25. The van der Waals surface area contributed by atoms with Gasteiger partial charge in [0.2, 0.25) is 5.95 Å². The highest BCUT2D eigenvalue weighted by Crippen LogP contribution is 2.44. The lowest BCUT2D eigenvalue weighted by Crippen LogP contribution is -2.16. The quantitative estimate of drug-likeness (QED) is 0.648. The van der Waals surface area contributed by atoms with Crippen LogP contribution >= 0.6 is 0 Å². The van der Waals surface area contributed by atoms with Crippen molar-refractivity contribution in [2.75, 3.05) is 18.1 Å². The van der Waals surface area contributed by atoms with Crippen molar-refractivity contribution < 1.29 is 4.74 Å². The maximum Gasteiger partial charge on any atom is 0.221 e. The highest BCUT2D eigenvalue weighted by Gasteiger charge is 2.30. The second-order valence-electron chi connectivity index (χ2n) is 6.98. The average molecular weight is 351 g/mol. The Balaban J connectivity index is 1.87. The summed E-state index contributed by atoms with van der Waals surface area (Å²) in [5.74, 6) is 2.25. The van der Waals surface area contributed by atoms with Gasteiger partial charge in [-0.3, -0.25) is 0 Å². The predicted octanol–water partition coefficient (Wildman–Crippen LogP) is 3.84. The number of nitrogens with one attached hydrogen (secondary N) is 1. The zero-order valence-electron chi connectivity index (χ0n) is 15.0. The summed E-state index contributed by atoms with van der Waals surface area (Å²) in [5, 5.41) is 1.10. The molecule has 0 bridgehead atoms. The molecule has 0 spiro atoms. The Kier molecular flexibility index (Phi) is 4.41. The second kappa shape index (κ2) is 6.86. The molecule has 1 aliphatic rings. The smallest absolute Gasteiger partial charge is 0.221 e. The Morgan fingerprint density at radius 2 is 2.08 bits per heavy atom. The minimum atomic E-state index is 0.144. The summed E-state index contributed by atoms with van der Waals surface area (Å²) in [5.41, 5.74) is 15.2. The van der Waals surface area contributed by atoms with E-state index in [1.54, 1.807) is 6.20 Å². The third kappa shape index (κ3) is 2.96. The van der Waals surface area contributed by atoms with Crippen molar-refractivity contribution in [2.45, 2.75) is 38.5 Å². The standard InChI is InChI=1S/C20H25N5O/c1-2-26-17-10-13(9-16-14(17)7-8-23-16)18(12-5-3-4-6-12)15-11-24-20(22)25-19(15)21/h7-12,18,23H,2-6H2,1H3,(H4,21,22,24,25). The summed E-state index contributed by atoms with van der Waals surface area (Å²) in [6.45, 7) is 2.64. The number of aromatic nitrogens is 3. The second-order valence-corrected chi connectivity index (χ2v) is 6.98. The molecule has 26 heavy (non-hydrogen) atoms. The first-order chi connectivity index (χ1) is 12.7. The minimum Gasteiger partial charge on any atom is -0.493 e. The molecule has 0 saturated heterocycles. The molecule has 1 aliphatic carbocycles. The molecule has 0 radical (unpaired) electrons. The minimum absolute atomic E-state index is 0.144. The fraction of sp³-hybridized carbons (Fsp3) is 0.400. The van der Waals surface area contributed by atoms with Crippen molar-refractivity contribution in [1.82, 2.24) is 15.0 Å². The number of fused-ring (bicyclic) bond motifs is 1. The molecule has 1 atom stereocenters. The molecule has 2 aromatic heterocycles. The molecular formula is C20H25N5O. The molecular weight excluding hydrogens is 326 g/mol. The SMILES string of the molecule is CCOc1cc(C(c2cnc(N)nc2N)C2CCCC2)cc2[nH]ccc12. The predicted molar refractivity (Wildman–Crippen MR) is 104 cm³/mol. The van der Waals surface area contributed by atoms with Crippen molar-refractivity contribution in [3.8, 4) is 5.75 Å². The maximum atomic E-state index is 6.25. The van der Waals surface area contributed by atoms with Crippen LogP contribution in [0.2, 0.25) is 0 Å². The molecule has 1 saturated carbocycles. The van der Waals surface area contributed by atoms with Gasteiger partial charge in [-0.1, -0.05) is 12.8 Å². The Morgan fingerprint density at radius 1 is 1.27 bits per heavy atom. The average Bonchev–Trinajstić information content (AvgIpc) is 3.29. The van der Waals surface area contributed by atoms with Gasteiger partial charge < -0.3 is 21.2 Å². The number of hydrogen-bond acceptors (Lipinski definition) is 5. The number of nitrogen functional groups attached to an aromatic ring is 2. The number of H-pyrrole nitrogens is 1. The largest absolute Gasteiger partial charge is 0.493 e. The van der Waals surface area contributed by atoms with E-state index in [1.807, 2.05) is 13.1 Å². The van der Waals surface area contributed by atoms with Crippen molar-refractivity contribution >= 4 is 22.7 Å². The van der Waals surface area contributed by atoms with E-state index in [9.17, 15) is 0 Å². The highest BCUT2D eigenvalue weighted by molar-refractivity contribution is 5.87. The molecule has 6 heteroatoms. The number of aromatic amines is 1. The first-order valence-corrected chi connectivity index (χ1v) is 9.29. The van der Waals surface area contributed by atoms with Crippen LogP contribution in [0.15, 0.2) is 30.6 Å². The molecule has 1 fully saturated rings. The molecule has 4 rings (SSSR count).